The Hall–Kier alpha value is -3.36. The fraction of sp³-hybridized carbons (Fsp3) is 0.400. The first-order valence-electron chi connectivity index (χ1n) is 9.72. The third kappa shape index (κ3) is 3.94. The number of anilines is 2. The van der Waals surface area contributed by atoms with E-state index in [0.717, 1.165) is 24.0 Å². The Morgan fingerprint density at radius 2 is 2.24 bits per heavy atom. The van der Waals surface area contributed by atoms with E-state index in [9.17, 15) is 4.79 Å². The first-order chi connectivity index (χ1) is 14.1. The van der Waals surface area contributed by atoms with Gasteiger partial charge in [-0.2, -0.15) is 15.1 Å². The molecular formula is C20H25N7O2. The van der Waals surface area contributed by atoms with Gasteiger partial charge in [0.15, 0.2) is 0 Å². The Labute approximate surface area is 168 Å². The van der Waals surface area contributed by atoms with Crippen LogP contribution in [0.1, 0.15) is 13.3 Å². The largest absolute Gasteiger partial charge is 0.477 e. The summed E-state index contributed by atoms with van der Waals surface area (Å²) >= 11 is 0. The number of aryl methyl sites for hydroxylation is 1. The molecule has 0 spiro atoms. The van der Waals surface area contributed by atoms with E-state index in [2.05, 4.69) is 38.9 Å². The molecule has 0 aliphatic carbocycles. The number of rotatable bonds is 7. The number of aromatic nitrogens is 5. The molecule has 152 valence electrons. The highest BCUT2D eigenvalue weighted by atomic mass is 16.5. The number of hydrogen-bond donors (Lipinski definition) is 2. The van der Waals surface area contributed by atoms with Gasteiger partial charge in [0.2, 0.25) is 17.7 Å². The maximum atomic E-state index is 12.0. The molecular weight excluding hydrogens is 370 g/mol. The summed E-state index contributed by atoms with van der Waals surface area (Å²) < 4.78 is 7.85. The van der Waals surface area contributed by atoms with Crippen LogP contribution in [0.2, 0.25) is 0 Å². The van der Waals surface area contributed by atoms with E-state index in [4.69, 9.17) is 4.74 Å². The smallest absolute Gasteiger partial charge is 0.245 e. The number of nitrogens with one attached hydrogen (secondary N) is 2. The van der Waals surface area contributed by atoms with Crippen LogP contribution in [0.4, 0.5) is 11.6 Å². The van der Waals surface area contributed by atoms with Gasteiger partial charge in [-0.1, -0.05) is 19.9 Å². The molecule has 1 aliphatic heterocycles. The second-order valence-electron chi connectivity index (χ2n) is 7.31. The molecule has 3 aromatic rings. The van der Waals surface area contributed by atoms with Gasteiger partial charge in [0.25, 0.3) is 0 Å². The number of likely N-dealkylation sites (tertiary alicyclic amines) is 1. The molecule has 0 saturated carbocycles. The molecule has 2 N–H and O–H groups in total. The zero-order chi connectivity index (χ0) is 20.4. The van der Waals surface area contributed by atoms with E-state index in [1.807, 2.05) is 30.4 Å². The highest BCUT2D eigenvalue weighted by Crippen LogP contribution is 2.29. The zero-order valence-corrected chi connectivity index (χ0v) is 16.6. The summed E-state index contributed by atoms with van der Waals surface area (Å²) in [6.07, 6.45) is 7.73. The SMILES string of the molecule is C=CC(=O)N1C[C@H](CC)[C@@H](COc2nc(Nc3cnn(C)c3)nc3[nH]ccc23)C1. The number of amides is 1. The fourth-order valence-electron chi connectivity index (χ4n) is 3.78. The van der Waals surface area contributed by atoms with E-state index >= 15 is 0 Å². The predicted octanol–water partition coefficient (Wildman–Crippen LogP) is 2.48. The topological polar surface area (TPSA) is 101 Å². The highest BCUT2D eigenvalue weighted by Gasteiger charge is 2.34. The molecule has 1 fully saturated rings. The number of ether oxygens (including phenoxy) is 1. The van der Waals surface area contributed by atoms with E-state index in [-0.39, 0.29) is 11.8 Å². The molecule has 2 atom stereocenters. The van der Waals surface area contributed by atoms with Gasteiger partial charge in [0, 0.05) is 38.4 Å². The number of carbonyl (C=O) groups excluding carboxylic acids is 1. The van der Waals surface area contributed by atoms with Gasteiger partial charge in [-0.05, 0) is 18.1 Å². The summed E-state index contributed by atoms with van der Waals surface area (Å²) in [5, 5.41) is 8.12. The van der Waals surface area contributed by atoms with Crippen LogP contribution in [0, 0.1) is 11.8 Å². The third-order valence-electron chi connectivity index (χ3n) is 5.36. The number of nitrogens with zero attached hydrogens (tertiary/aromatic N) is 5. The zero-order valence-electron chi connectivity index (χ0n) is 16.6. The fourth-order valence-corrected chi connectivity index (χ4v) is 3.78. The lowest BCUT2D eigenvalue weighted by Crippen LogP contribution is -2.27. The molecule has 1 saturated heterocycles. The van der Waals surface area contributed by atoms with Crippen molar-refractivity contribution >= 4 is 28.6 Å². The Morgan fingerprint density at radius 3 is 2.97 bits per heavy atom. The molecule has 3 aromatic heterocycles. The minimum atomic E-state index is -0.0241. The lowest BCUT2D eigenvalue weighted by Gasteiger charge is -2.17. The van der Waals surface area contributed by atoms with E-state index in [1.54, 1.807) is 10.9 Å². The molecule has 4 heterocycles. The van der Waals surface area contributed by atoms with Crippen molar-refractivity contribution in [1.29, 1.82) is 0 Å². The number of H-pyrrole nitrogens is 1. The average Bonchev–Trinajstić information content (AvgIpc) is 3.45. The Morgan fingerprint density at radius 1 is 1.41 bits per heavy atom. The van der Waals surface area contributed by atoms with Crippen molar-refractivity contribution in [2.45, 2.75) is 13.3 Å². The van der Waals surface area contributed by atoms with Crippen LogP contribution >= 0.6 is 0 Å². The van der Waals surface area contributed by atoms with E-state index < -0.39 is 0 Å². The van der Waals surface area contributed by atoms with Crippen LogP contribution in [0.25, 0.3) is 11.0 Å². The van der Waals surface area contributed by atoms with Crippen LogP contribution < -0.4 is 10.1 Å². The number of hydrogen-bond acceptors (Lipinski definition) is 6. The van der Waals surface area contributed by atoms with Crippen molar-refractivity contribution in [3.8, 4) is 5.88 Å². The monoisotopic (exact) mass is 395 g/mol. The molecule has 0 aromatic carbocycles. The minimum absolute atomic E-state index is 0.0241. The highest BCUT2D eigenvalue weighted by molar-refractivity contribution is 5.87. The van der Waals surface area contributed by atoms with Crippen molar-refractivity contribution in [3.63, 3.8) is 0 Å². The van der Waals surface area contributed by atoms with E-state index in [1.165, 1.54) is 6.08 Å². The molecule has 4 rings (SSSR count). The van der Waals surface area contributed by atoms with Crippen molar-refractivity contribution in [2.75, 3.05) is 25.0 Å². The number of aromatic amines is 1. The van der Waals surface area contributed by atoms with Gasteiger partial charge in [-0.15, -0.1) is 0 Å². The standard InChI is InChI=1S/C20H25N7O2/c1-4-13-9-27(17(28)5-2)10-14(13)12-29-19-16-6-7-21-18(16)24-20(25-19)23-15-8-22-26(3)11-15/h5-8,11,13-14H,2,4,9-10,12H2,1,3H3,(H2,21,23,24,25)/t13-,14+/m0/s1. The van der Waals surface area contributed by atoms with Crippen LogP contribution in [-0.2, 0) is 11.8 Å². The van der Waals surface area contributed by atoms with Crippen LogP contribution in [0.5, 0.6) is 5.88 Å². The van der Waals surface area contributed by atoms with Gasteiger partial charge in [-0.3, -0.25) is 9.48 Å². The van der Waals surface area contributed by atoms with Crippen molar-refractivity contribution in [3.05, 3.63) is 37.3 Å². The second kappa shape index (κ2) is 7.94. The van der Waals surface area contributed by atoms with Crippen LogP contribution in [0.15, 0.2) is 37.3 Å². The summed E-state index contributed by atoms with van der Waals surface area (Å²) in [6, 6.07) is 1.90. The van der Waals surface area contributed by atoms with Gasteiger partial charge in [0.05, 0.1) is 23.9 Å². The maximum absolute atomic E-state index is 12.0. The van der Waals surface area contributed by atoms with Gasteiger partial charge >= 0.3 is 0 Å². The van der Waals surface area contributed by atoms with Gasteiger partial charge in [-0.25, -0.2) is 0 Å². The lowest BCUT2D eigenvalue weighted by atomic mass is 9.95. The van der Waals surface area contributed by atoms with Gasteiger partial charge in [0.1, 0.15) is 5.65 Å². The van der Waals surface area contributed by atoms with Crippen molar-refractivity contribution in [2.24, 2.45) is 18.9 Å². The molecule has 0 unspecified atom stereocenters. The molecule has 1 amide bonds. The maximum Gasteiger partial charge on any atom is 0.245 e. The average molecular weight is 395 g/mol. The summed E-state index contributed by atoms with van der Waals surface area (Å²) in [5.41, 5.74) is 1.49. The normalized spacial score (nSPS) is 18.9. The summed E-state index contributed by atoms with van der Waals surface area (Å²) in [6.45, 7) is 7.64. The van der Waals surface area contributed by atoms with Crippen molar-refractivity contribution in [1.82, 2.24) is 29.6 Å². The third-order valence-corrected chi connectivity index (χ3v) is 5.36. The molecule has 9 nitrogen and oxygen atoms in total. The molecule has 29 heavy (non-hydrogen) atoms. The second-order valence-corrected chi connectivity index (χ2v) is 7.31. The molecule has 0 radical (unpaired) electrons. The predicted molar refractivity (Wildman–Crippen MR) is 110 cm³/mol. The van der Waals surface area contributed by atoms with E-state index in [0.29, 0.717) is 36.5 Å². The Balaban J connectivity index is 1.52. The van der Waals surface area contributed by atoms with Crippen molar-refractivity contribution < 1.29 is 9.53 Å². The first-order valence-corrected chi connectivity index (χ1v) is 9.72. The molecule has 0 bridgehead atoms. The lowest BCUT2D eigenvalue weighted by molar-refractivity contribution is -0.125. The molecule has 9 heteroatoms. The van der Waals surface area contributed by atoms with Crippen LogP contribution in [0.3, 0.4) is 0 Å². The van der Waals surface area contributed by atoms with Crippen LogP contribution in [-0.4, -0.2) is 55.2 Å². The Kier molecular flexibility index (Phi) is 5.20. The quantitative estimate of drug-likeness (QED) is 0.596. The first kappa shape index (κ1) is 19.0. The number of carbonyl (C=O) groups is 1. The summed E-state index contributed by atoms with van der Waals surface area (Å²) in [5.74, 6) is 1.58. The Bertz CT molecular complexity index is 1020. The van der Waals surface area contributed by atoms with Gasteiger partial charge < -0.3 is 19.9 Å². The summed E-state index contributed by atoms with van der Waals surface area (Å²) in [4.78, 5) is 26.0. The number of fused-ring (bicyclic) bond motifs is 1. The minimum Gasteiger partial charge on any atom is -0.477 e. The molecule has 1 aliphatic rings. The summed E-state index contributed by atoms with van der Waals surface area (Å²) in [7, 11) is 1.85.